The summed E-state index contributed by atoms with van der Waals surface area (Å²) in [6, 6.07) is 13.1. The zero-order valence-corrected chi connectivity index (χ0v) is 17.2. The van der Waals surface area contributed by atoms with Crippen molar-refractivity contribution in [3.8, 4) is 11.5 Å². The lowest BCUT2D eigenvalue weighted by Crippen LogP contribution is -2.15. The van der Waals surface area contributed by atoms with Gasteiger partial charge in [-0.25, -0.2) is 9.87 Å². The average molecular weight is 428 g/mol. The molecule has 0 amide bonds. The molecule has 30 heavy (non-hydrogen) atoms. The molecule has 1 aliphatic heterocycles. The van der Waals surface area contributed by atoms with Gasteiger partial charge in [0, 0.05) is 42.4 Å². The Morgan fingerprint density at radius 1 is 1.10 bits per heavy atom. The number of pyridine rings is 1. The Kier molecular flexibility index (Phi) is 6.25. The molecule has 3 aromatic rings. The topological polar surface area (TPSA) is 61.7 Å². The fourth-order valence-corrected chi connectivity index (χ4v) is 3.70. The molecule has 8 heteroatoms. The van der Waals surface area contributed by atoms with Gasteiger partial charge >= 0.3 is 0 Å². The van der Waals surface area contributed by atoms with Crippen molar-refractivity contribution in [1.82, 2.24) is 10.0 Å². The van der Waals surface area contributed by atoms with E-state index in [0.29, 0.717) is 24.7 Å². The van der Waals surface area contributed by atoms with Crippen molar-refractivity contribution in [2.24, 2.45) is 7.05 Å². The van der Waals surface area contributed by atoms with Gasteiger partial charge in [0.1, 0.15) is 11.6 Å². The zero-order valence-electron chi connectivity index (χ0n) is 16.4. The first-order valence-electron chi connectivity index (χ1n) is 9.51. The zero-order chi connectivity index (χ0) is 20.9. The number of rotatable bonds is 6. The Morgan fingerprint density at radius 3 is 2.73 bits per heavy atom. The first-order chi connectivity index (χ1) is 14.6. The van der Waals surface area contributed by atoms with E-state index >= 15 is 0 Å². The first-order valence-corrected chi connectivity index (χ1v) is 10.3. The number of ether oxygens (including phenoxy) is 1. The summed E-state index contributed by atoms with van der Waals surface area (Å²) in [7, 11) is 1.73. The summed E-state index contributed by atoms with van der Waals surface area (Å²) in [4.78, 5) is 18.0. The van der Waals surface area contributed by atoms with E-state index in [2.05, 4.69) is 5.48 Å². The highest BCUT2D eigenvalue weighted by atomic mass is 32.2. The Hall–Kier alpha value is -2.97. The van der Waals surface area contributed by atoms with Crippen molar-refractivity contribution in [3.05, 3.63) is 76.5 Å². The van der Waals surface area contributed by atoms with Crippen LogP contribution in [0.4, 0.5) is 4.39 Å². The Labute approximate surface area is 177 Å². The number of aryl methyl sites for hydroxylation is 1. The summed E-state index contributed by atoms with van der Waals surface area (Å²) in [6.07, 6.45) is 3.49. The molecule has 6 nitrogen and oxygen atoms in total. The Balaban J connectivity index is 1.41. The highest BCUT2D eigenvalue weighted by Crippen LogP contribution is 2.29. The van der Waals surface area contributed by atoms with Gasteiger partial charge in [-0.3, -0.25) is 4.79 Å². The molecule has 0 spiro atoms. The molecular weight excluding hydrogens is 407 g/mol. The van der Waals surface area contributed by atoms with E-state index in [9.17, 15) is 9.18 Å². The van der Waals surface area contributed by atoms with Gasteiger partial charge in [-0.2, -0.15) is 0 Å². The third-order valence-electron chi connectivity index (χ3n) is 4.75. The molecule has 0 bridgehead atoms. The standard InChI is InChI=1S/C22H21FN2O4S/c1-25-21-4-3-20(10-16(21)2-5-22(25)26)30-29-19-12-17(23)11-18(13-19)28-24-14-15-6-8-27-9-7-15/h2-5,10-14,24H,6-9H2,1H3. The lowest BCUT2D eigenvalue weighted by Gasteiger charge is -2.15. The van der Waals surface area contributed by atoms with Gasteiger partial charge in [-0.1, -0.05) is 0 Å². The van der Waals surface area contributed by atoms with Crippen LogP contribution in [0.2, 0.25) is 0 Å². The molecule has 156 valence electrons. The van der Waals surface area contributed by atoms with Crippen LogP contribution in [0.25, 0.3) is 10.9 Å². The summed E-state index contributed by atoms with van der Waals surface area (Å²) in [5.41, 5.74) is 4.72. The molecule has 0 saturated carbocycles. The summed E-state index contributed by atoms with van der Waals surface area (Å²) >= 11 is 1.11. The number of nitrogens with zero attached hydrogens (tertiary/aromatic N) is 1. The van der Waals surface area contributed by atoms with Gasteiger partial charge in [-0.05, 0) is 48.1 Å². The predicted octanol–water partition coefficient (Wildman–Crippen LogP) is 4.34. The minimum absolute atomic E-state index is 0.0625. The van der Waals surface area contributed by atoms with Crippen molar-refractivity contribution in [2.75, 3.05) is 13.2 Å². The molecule has 1 saturated heterocycles. The molecule has 2 heterocycles. The van der Waals surface area contributed by atoms with E-state index in [1.807, 2.05) is 18.2 Å². The van der Waals surface area contributed by atoms with Crippen LogP contribution >= 0.6 is 12.0 Å². The molecule has 2 aromatic carbocycles. The smallest absolute Gasteiger partial charge is 0.250 e. The summed E-state index contributed by atoms with van der Waals surface area (Å²) in [5, 5.41) is 0.916. The van der Waals surface area contributed by atoms with Crippen molar-refractivity contribution >= 4 is 22.9 Å². The summed E-state index contributed by atoms with van der Waals surface area (Å²) in [6.45, 7) is 1.40. The molecule has 1 fully saturated rings. The maximum Gasteiger partial charge on any atom is 0.250 e. The maximum atomic E-state index is 14.0. The monoisotopic (exact) mass is 428 g/mol. The van der Waals surface area contributed by atoms with Gasteiger partial charge < -0.3 is 18.3 Å². The fourth-order valence-electron chi connectivity index (χ4n) is 3.11. The van der Waals surface area contributed by atoms with Gasteiger partial charge in [0.2, 0.25) is 0 Å². The second kappa shape index (κ2) is 9.23. The van der Waals surface area contributed by atoms with Crippen LogP contribution in [-0.2, 0) is 11.8 Å². The van der Waals surface area contributed by atoms with Crippen LogP contribution in [0, 0.1) is 5.82 Å². The molecule has 0 unspecified atom stereocenters. The minimum Gasteiger partial charge on any atom is -0.420 e. The van der Waals surface area contributed by atoms with E-state index in [4.69, 9.17) is 13.8 Å². The second-order valence-electron chi connectivity index (χ2n) is 6.88. The van der Waals surface area contributed by atoms with Crippen LogP contribution in [0.1, 0.15) is 12.8 Å². The minimum atomic E-state index is -0.461. The number of hydrogen-bond acceptors (Lipinski definition) is 6. The molecule has 0 radical (unpaired) electrons. The largest absolute Gasteiger partial charge is 0.420 e. The van der Waals surface area contributed by atoms with Crippen LogP contribution in [0.5, 0.6) is 11.5 Å². The highest BCUT2D eigenvalue weighted by molar-refractivity contribution is 7.95. The van der Waals surface area contributed by atoms with E-state index < -0.39 is 5.82 Å². The summed E-state index contributed by atoms with van der Waals surface area (Å²) < 4.78 is 26.5. The van der Waals surface area contributed by atoms with Crippen molar-refractivity contribution in [1.29, 1.82) is 0 Å². The molecular formula is C22H21FN2O4S. The van der Waals surface area contributed by atoms with E-state index in [0.717, 1.165) is 40.7 Å². The number of hydrogen-bond donors (Lipinski definition) is 1. The Morgan fingerprint density at radius 2 is 1.90 bits per heavy atom. The van der Waals surface area contributed by atoms with Crippen LogP contribution in [0.15, 0.2) is 70.0 Å². The average Bonchev–Trinajstić information content (AvgIpc) is 2.75. The quantitative estimate of drug-likeness (QED) is 0.466. The molecule has 0 aliphatic carbocycles. The van der Waals surface area contributed by atoms with Gasteiger partial charge in [-0.15, -0.1) is 0 Å². The van der Waals surface area contributed by atoms with Crippen molar-refractivity contribution < 1.29 is 18.1 Å². The van der Waals surface area contributed by atoms with Crippen LogP contribution < -0.4 is 20.1 Å². The van der Waals surface area contributed by atoms with Gasteiger partial charge in [0.05, 0.1) is 30.8 Å². The van der Waals surface area contributed by atoms with E-state index in [1.54, 1.807) is 29.9 Å². The number of nitrogens with one attached hydrogen (secondary N) is 1. The highest BCUT2D eigenvalue weighted by Gasteiger charge is 2.08. The normalized spacial score (nSPS) is 13.9. The third kappa shape index (κ3) is 4.95. The maximum absolute atomic E-state index is 14.0. The first kappa shape index (κ1) is 20.3. The molecule has 0 atom stereocenters. The number of fused-ring (bicyclic) bond motifs is 1. The van der Waals surface area contributed by atoms with Crippen LogP contribution in [0.3, 0.4) is 0 Å². The lowest BCUT2D eigenvalue weighted by atomic mass is 10.1. The Bertz CT molecular complexity index is 1140. The van der Waals surface area contributed by atoms with E-state index in [1.165, 1.54) is 23.8 Å². The number of benzene rings is 2. The van der Waals surface area contributed by atoms with E-state index in [-0.39, 0.29) is 5.56 Å². The summed E-state index contributed by atoms with van der Waals surface area (Å²) in [5.74, 6) is 0.177. The SMILES string of the molecule is Cn1c(=O)ccc2cc(SOc3cc(F)cc(ONC=C4CCOCC4)c3)ccc21. The van der Waals surface area contributed by atoms with Gasteiger partial charge in [0.25, 0.3) is 5.56 Å². The second-order valence-corrected chi connectivity index (χ2v) is 7.68. The number of halogens is 1. The van der Waals surface area contributed by atoms with Gasteiger partial charge in [0.15, 0.2) is 5.75 Å². The molecule has 1 N–H and O–H groups in total. The van der Waals surface area contributed by atoms with Crippen LogP contribution in [-0.4, -0.2) is 17.8 Å². The molecule has 1 aliphatic rings. The van der Waals surface area contributed by atoms with Crippen molar-refractivity contribution in [3.63, 3.8) is 0 Å². The molecule has 1 aromatic heterocycles. The fraction of sp³-hybridized carbons (Fsp3) is 0.227. The lowest BCUT2D eigenvalue weighted by molar-refractivity contribution is 0.117. The molecule has 4 rings (SSSR count). The predicted molar refractivity (Wildman–Crippen MR) is 114 cm³/mol. The number of hydroxylamine groups is 1. The third-order valence-corrected chi connectivity index (χ3v) is 5.47. The number of aromatic nitrogens is 1. The van der Waals surface area contributed by atoms with Crippen molar-refractivity contribution in [2.45, 2.75) is 17.7 Å².